The number of halogens is 4. The van der Waals surface area contributed by atoms with Gasteiger partial charge in [-0.25, -0.2) is 12.8 Å². The van der Waals surface area contributed by atoms with Crippen LogP contribution in [0.1, 0.15) is 5.56 Å². The number of hydrogen-bond acceptors (Lipinski definition) is 6. The Morgan fingerprint density at radius 2 is 1.56 bits per heavy atom. The molecule has 36 heavy (non-hydrogen) atoms. The Bertz CT molecular complexity index is 1670. The predicted molar refractivity (Wildman–Crippen MR) is 122 cm³/mol. The molecule has 0 aliphatic heterocycles. The largest absolute Gasteiger partial charge is 0.419 e. The number of fused-ring (bicyclic) bond motifs is 1. The van der Waals surface area contributed by atoms with Crippen LogP contribution in [0.15, 0.2) is 84.0 Å². The van der Waals surface area contributed by atoms with Crippen molar-refractivity contribution >= 4 is 21.4 Å². The topological polar surface area (TPSA) is 102 Å². The highest BCUT2D eigenvalue weighted by Gasteiger charge is 2.35. The molecule has 0 atom stereocenters. The highest BCUT2D eigenvalue weighted by Crippen LogP contribution is 2.33. The van der Waals surface area contributed by atoms with E-state index in [4.69, 9.17) is 0 Å². The summed E-state index contributed by atoms with van der Waals surface area (Å²) in [6.07, 6.45) is -1.79. The lowest BCUT2D eigenvalue weighted by molar-refractivity contribution is -0.140. The van der Waals surface area contributed by atoms with Crippen molar-refractivity contribution in [2.75, 3.05) is 4.72 Å². The lowest BCUT2D eigenvalue weighted by atomic mass is 10.1. The minimum Gasteiger partial charge on any atom is -0.280 e. The minimum absolute atomic E-state index is 0.0967. The molecule has 0 aliphatic carbocycles. The zero-order valence-corrected chi connectivity index (χ0v) is 18.8. The van der Waals surface area contributed by atoms with Gasteiger partial charge in [-0.1, -0.05) is 12.1 Å². The highest BCUT2D eigenvalue weighted by atomic mass is 32.2. The molecule has 13 heteroatoms. The van der Waals surface area contributed by atoms with E-state index in [0.717, 1.165) is 11.6 Å². The maximum atomic E-state index is 13.5. The first-order valence-corrected chi connectivity index (χ1v) is 11.7. The Balaban J connectivity index is 1.42. The average molecular weight is 514 g/mol. The van der Waals surface area contributed by atoms with Crippen molar-refractivity contribution in [1.82, 2.24) is 24.8 Å². The van der Waals surface area contributed by atoms with Crippen LogP contribution in [0.3, 0.4) is 0 Å². The third-order valence-electron chi connectivity index (χ3n) is 5.19. The van der Waals surface area contributed by atoms with Gasteiger partial charge in [0, 0.05) is 29.2 Å². The number of nitrogens with one attached hydrogen (secondary N) is 1. The van der Waals surface area contributed by atoms with Crippen LogP contribution in [0.4, 0.5) is 23.2 Å². The number of aromatic nitrogens is 5. The molecule has 1 N–H and O–H groups in total. The zero-order chi connectivity index (χ0) is 25.5. The Hall–Kier alpha value is -4.39. The Kier molecular flexibility index (Phi) is 5.63. The number of nitrogens with zero attached hydrogens (tertiary/aromatic N) is 5. The van der Waals surface area contributed by atoms with Crippen LogP contribution in [-0.4, -0.2) is 33.2 Å². The maximum absolute atomic E-state index is 13.5. The van der Waals surface area contributed by atoms with Crippen molar-refractivity contribution in [3.05, 3.63) is 90.5 Å². The summed E-state index contributed by atoms with van der Waals surface area (Å²) < 4.78 is 81.4. The van der Waals surface area contributed by atoms with Crippen LogP contribution in [0.2, 0.25) is 0 Å². The number of alkyl halides is 3. The summed E-state index contributed by atoms with van der Waals surface area (Å²) in [7, 11) is -4.41. The number of pyridine rings is 1. The monoisotopic (exact) mass is 514 g/mol. The summed E-state index contributed by atoms with van der Waals surface area (Å²) in [5.74, 6) is -1.05. The van der Waals surface area contributed by atoms with Crippen LogP contribution < -0.4 is 4.72 Å². The van der Waals surface area contributed by atoms with Crippen molar-refractivity contribution in [2.45, 2.75) is 11.1 Å². The fourth-order valence-corrected chi connectivity index (χ4v) is 4.52. The molecule has 0 fully saturated rings. The molecule has 8 nitrogen and oxygen atoms in total. The molecule has 0 saturated carbocycles. The Labute approximate surface area is 201 Å². The van der Waals surface area contributed by atoms with Crippen molar-refractivity contribution < 1.29 is 26.0 Å². The van der Waals surface area contributed by atoms with E-state index in [0.29, 0.717) is 28.8 Å². The van der Waals surface area contributed by atoms with Crippen LogP contribution in [0, 0.1) is 5.82 Å². The SMILES string of the molecule is O=S(=O)(Nc1ccc(-c2ccc3nnc(-c4ccncc4)n3n2)cc1)c1ccc(F)c(C(F)(F)F)c1. The molecule has 3 heterocycles. The summed E-state index contributed by atoms with van der Waals surface area (Å²) >= 11 is 0. The average Bonchev–Trinajstić information content (AvgIpc) is 3.27. The summed E-state index contributed by atoms with van der Waals surface area (Å²) in [5, 5.41) is 12.8. The van der Waals surface area contributed by atoms with E-state index < -0.39 is 32.5 Å². The first-order valence-electron chi connectivity index (χ1n) is 10.2. The van der Waals surface area contributed by atoms with Crippen molar-refractivity contribution in [3.63, 3.8) is 0 Å². The third kappa shape index (κ3) is 4.47. The lowest BCUT2D eigenvalue weighted by Crippen LogP contribution is -2.15. The second kappa shape index (κ2) is 8.68. The summed E-state index contributed by atoms with van der Waals surface area (Å²) in [6.45, 7) is 0. The van der Waals surface area contributed by atoms with E-state index in [1.807, 2.05) is 0 Å². The third-order valence-corrected chi connectivity index (χ3v) is 6.57. The minimum atomic E-state index is -5.03. The molecule has 182 valence electrons. The van der Waals surface area contributed by atoms with Crippen molar-refractivity contribution in [3.8, 4) is 22.6 Å². The van der Waals surface area contributed by atoms with Crippen LogP contribution in [0.5, 0.6) is 0 Å². The quantitative estimate of drug-likeness (QED) is 0.338. The summed E-state index contributed by atoms with van der Waals surface area (Å²) in [4.78, 5) is 3.26. The van der Waals surface area contributed by atoms with Crippen LogP contribution in [0.25, 0.3) is 28.3 Å². The first kappa shape index (κ1) is 23.4. The Morgan fingerprint density at radius 3 is 2.25 bits per heavy atom. The van der Waals surface area contributed by atoms with Gasteiger partial charge in [-0.3, -0.25) is 9.71 Å². The molecule has 5 aromatic rings. The van der Waals surface area contributed by atoms with Gasteiger partial charge in [0.15, 0.2) is 11.5 Å². The van der Waals surface area contributed by atoms with Gasteiger partial charge in [-0.2, -0.15) is 22.8 Å². The molecule has 2 aromatic carbocycles. The molecule has 5 rings (SSSR count). The molecule has 0 radical (unpaired) electrons. The molecule has 0 saturated heterocycles. The zero-order valence-electron chi connectivity index (χ0n) is 18.0. The molecule has 0 aliphatic rings. The van der Waals surface area contributed by atoms with E-state index >= 15 is 0 Å². The van der Waals surface area contributed by atoms with E-state index in [1.54, 1.807) is 53.3 Å². The molecule has 3 aromatic heterocycles. The van der Waals surface area contributed by atoms with Crippen molar-refractivity contribution in [2.24, 2.45) is 0 Å². The highest BCUT2D eigenvalue weighted by molar-refractivity contribution is 7.92. The van der Waals surface area contributed by atoms with Gasteiger partial charge in [0.2, 0.25) is 0 Å². The normalized spacial score (nSPS) is 12.1. The van der Waals surface area contributed by atoms with Gasteiger partial charge >= 0.3 is 6.18 Å². The predicted octanol–water partition coefficient (Wildman–Crippen LogP) is 4.81. The van der Waals surface area contributed by atoms with Gasteiger partial charge in [0.05, 0.1) is 16.2 Å². The number of hydrogen-bond donors (Lipinski definition) is 1. The molecular formula is C23H14F4N6O2S. The van der Waals surface area contributed by atoms with Crippen LogP contribution in [-0.2, 0) is 16.2 Å². The summed E-state index contributed by atoms with van der Waals surface area (Å²) in [6, 6.07) is 14.5. The lowest BCUT2D eigenvalue weighted by Gasteiger charge is -2.12. The standard InChI is InChI=1S/C23H14F4N6O2S/c24-19-6-5-17(13-18(19)23(25,26)27)36(34,35)32-16-3-1-14(2-4-16)20-7-8-21-29-30-22(33(21)31-20)15-9-11-28-12-10-15/h1-13,32H. The summed E-state index contributed by atoms with van der Waals surface area (Å²) in [5.41, 5.74) is 0.895. The second-order valence-corrected chi connectivity index (χ2v) is 9.25. The Morgan fingerprint density at radius 1 is 0.833 bits per heavy atom. The first-order chi connectivity index (χ1) is 17.1. The van der Waals surface area contributed by atoms with E-state index in [1.165, 1.54) is 12.1 Å². The van der Waals surface area contributed by atoms with Gasteiger partial charge in [-0.15, -0.1) is 10.2 Å². The number of anilines is 1. The van der Waals surface area contributed by atoms with E-state index in [-0.39, 0.29) is 11.8 Å². The second-order valence-electron chi connectivity index (χ2n) is 7.57. The molecule has 0 unspecified atom stereocenters. The molecular weight excluding hydrogens is 500 g/mol. The van der Waals surface area contributed by atoms with E-state index in [9.17, 15) is 26.0 Å². The van der Waals surface area contributed by atoms with Gasteiger partial charge in [0.25, 0.3) is 10.0 Å². The number of sulfonamides is 1. The smallest absolute Gasteiger partial charge is 0.280 e. The van der Waals surface area contributed by atoms with E-state index in [2.05, 4.69) is 25.0 Å². The fraction of sp³-hybridized carbons (Fsp3) is 0.0435. The van der Waals surface area contributed by atoms with Gasteiger partial charge in [0.1, 0.15) is 5.82 Å². The van der Waals surface area contributed by atoms with Crippen LogP contribution >= 0.6 is 0 Å². The molecule has 0 spiro atoms. The van der Waals surface area contributed by atoms with Crippen molar-refractivity contribution in [1.29, 1.82) is 0 Å². The molecule has 0 amide bonds. The van der Waals surface area contributed by atoms with Gasteiger partial charge < -0.3 is 0 Å². The maximum Gasteiger partial charge on any atom is 0.419 e. The molecule has 0 bridgehead atoms. The van der Waals surface area contributed by atoms with Gasteiger partial charge in [-0.05, 0) is 54.6 Å². The number of rotatable bonds is 5. The fourth-order valence-electron chi connectivity index (χ4n) is 3.44. The number of benzene rings is 2.